The number of aromatic nitrogens is 3. The molecule has 0 radical (unpaired) electrons. The summed E-state index contributed by atoms with van der Waals surface area (Å²) in [5, 5.41) is 7.67. The van der Waals surface area contributed by atoms with Gasteiger partial charge in [0.1, 0.15) is 0 Å². The normalized spacial score (nSPS) is 15.9. The van der Waals surface area contributed by atoms with Crippen LogP contribution in [-0.2, 0) is 31.2 Å². The summed E-state index contributed by atoms with van der Waals surface area (Å²) >= 11 is 0. The lowest BCUT2D eigenvalue weighted by molar-refractivity contribution is -0.129. The molecule has 0 aliphatic carbocycles. The molecule has 0 spiro atoms. The van der Waals surface area contributed by atoms with Gasteiger partial charge in [0, 0.05) is 73.4 Å². The number of fused-ring (bicyclic) bond motifs is 2. The first-order chi connectivity index (χ1) is 17.2. The molecule has 2 aromatic heterocycles. The van der Waals surface area contributed by atoms with Crippen molar-refractivity contribution in [3.8, 4) is 11.1 Å². The van der Waals surface area contributed by atoms with Crippen molar-refractivity contribution in [2.45, 2.75) is 46.1 Å². The van der Waals surface area contributed by atoms with E-state index in [2.05, 4.69) is 10.2 Å². The largest absolute Gasteiger partial charge is 0.402 e. The van der Waals surface area contributed by atoms with Crippen LogP contribution in [0, 0.1) is 0 Å². The molecule has 1 aromatic carbocycles. The van der Waals surface area contributed by atoms with Crippen LogP contribution in [0.25, 0.3) is 17.2 Å². The maximum atomic E-state index is 14.5. The summed E-state index contributed by atoms with van der Waals surface area (Å²) < 4.78 is 30.7. The maximum absolute atomic E-state index is 14.5. The first kappa shape index (κ1) is 23.9. The van der Waals surface area contributed by atoms with E-state index < -0.39 is 6.43 Å². The molecule has 0 saturated heterocycles. The lowest BCUT2D eigenvalue weighted by Gasteiger charge is -2.33. The molecular weight excluding hydrogens is 464 g/mol. The second-order valence-corrected chi connectivity index (χ2v) is 9.66. The average Bonchev–Trinajstić information content (AvgIpc) is 3.38. The predicted molar refractivity (Wildman–Crippen MR) is 137 cm³/mol. The van der Waals surface area contributed by atoms with Gasteiger partial charge < -0.3 is 25.8 Å². The van der Waals surface area contributed by atoms with Gasteiger partial charge in [-0.05, 0) is 49.1 Å². The van der Waals surface area contributed by atoms with E-state index in [0.29, 0.717) is 60.1 Å². The van der Waals surface area contributed by atoms with Crippen molar-refractivity contribution in [2.75, 3.05) is 23.7 Å². The smallest absolute Gasteiger partial charge is 0.264 e. The molecule has 4 heterocycles. The number of hydrogen-bond donors (Lipinski definition) is 3. The second kappa shape index (κ2) is 9.00. The molecule has 8 nitrogen and oxygen atoms in total. The number of allylic oxidation sites excluding steroid dienone is 1. The summed E-state index contributed by atoms with van der Waals surface area (Å²) in [7, 11) is 1.82. The summed E-state index contributed by atoms with van der Waals surface area (Å²) in [6.07, 6.45) is 3.13. The zero-order chi connectivity index (χ0) is 25.7. The Hall–Kier alpha value is -3.82. The molecule has 5 N–H and O–H groups in total. The molecule has 5 rings (SSSR count). The molecule has 2 aliphatic rings. The molecule has 2 aliphatic heterocycles. The van der Waals surface area contributed by atoms with Crippen LogP contribution in [0.15, 0.2) is 24.0 Å². The van der Waals surface area contributed by atoms with Gasteiger partial charge in [-0.15, -0.1) is 0 Å². The van der Waals surface area contributed by atoms with Gasteiger partial charge >= 0.3 is 0 Å². The quantitative estimate of drug-likeness (QED) is 0.502. The summed E-state index contributed by atoms with van der Waals surface area (Å²) in [5.74, 6) is 0.714. The Balaban J connectivity index is 1.61. The summed E-state index contributed by atoms with van der Waals surface area (Å²) in [4.78, 5) is 15.8. The van der Waals surface area contributed by atoms with E-state index in [1.54, 1.807) is 41.7 Å². The van der Waals surface area contributed by atoms with Crippen LogP contribution >= 0.6 is 0 Å². The zero-order valence-corrected chi connectivity index (χ0v) is 20.7. The molecule has 0 fully saturated rings. The number of H-pyrrole nitrogens is 1. The predicted octanol–water partition coefficient (Wildman–Crippen LogP) is 4.24. The Morgan fingerprint density at radius 1 is 1.19 bits per heavy atom. The van der Waals surface area contributed by atoms with Crippen molar-refractivity contribution in [1.82, 2.24) is 19.7 Å². The molecule has 10 heteroatoms. The van der Waals surface area contributed by atoms with Crippen molar-refractivity contribution in [1.29, 1.82) is 0 Å². The number of rotatable bonds is 4. The number of carbonyl (C=O) groups is 1. The van der Waals surface area contributed by atoms with Crippen molar-refractivity contribution in [3.63, 3.8) is 0 Å². The maximum Gasteiger partial charge on any atom is 0.264 e. The highest BCUT2D eigenvalue weighted by molar-refractivity contribution is 5.87. The summed E-state index contributed by atoms with van der Waals surface area (Å²) in [5.41, 5.74) is 18.5. The number of nitrogen functional groups attached to an aromatic ring is 1. The van der Waals surface area contributed by atoms with Gasteiger partial charge in [0.05, 0.1) is 17.9 Å². The zero-order valence-electron chi connectivity index (χ0n) is 20.7. The third-order valence-electron chi connectivity index (χ3n) is 7.14. The van der Waals surface area contributed by atoms with E-state index in [9.17, 15) is 13.6 Å². The van der Waals surface area contributed by atoms with Crippen LogP contribution in [0.4, 0.5) is 26.0 Å². The number of hydrogen-bond acceptors (Lipinski definition) is 5. The fraction of sp³-hybridized carbons (Fsp3) is 0.385. The van der Waals surface area contributed by atoms with Crippen LogP contribution in [-0.4, -0.2) is 38.7 Å². The van der Waals surface area contributed by atoms with Gasteiger partial charge in [-0.2, -0.15) is 5.10 Å². The fourth-order valence-corrected chi connectivity index (χ4v) is 5.33. The van der Waals surface area contributed by atoms with E-state index >= 15 is 0 Å². The number of benzene rings is 1. The number of nitrogens with two attached hydrogens (primary N) is 2. The Kier molecular flexibility index (Phi) is 5.97. The van der Waals surface area contributed by atoms with Crippen molar-refractivity contribution >= 4 is 29.2 Å². The Morgan fingerprint density at radius 2 is 1.97 bits per heavy atom. The lowest BCUT2D eigenvalue weighted by Crippen LogP contribution is -2.35. The van der Waals surface area contributed by atoms with Crippen LogP contribution < -0.4 is 16.4 Å². The van der Waals surface area contributed by atoms with Gasteiger partial charge in [-0.25, -0.2) is 8.78 Å². The molecule has 0 unspecified atom stereocenters. The average molecular weight is 496 g/mol. The molecule has 0 saturated carbocycles. The van der Waals surface area contributed by atoms with Crippen molar-refractivity contribution < 1.29 is 13.6 Å². The van der Waals surface area contributed by atoms with Crippen LogP contribution in [0.2, 0.25) is 0 Å². The SMILES string of the molecule is CC(=O)N1CCc2[nH]nc(N3CCCc4cc(-c5cn(C)c(/C=C(/C)N)c5N)c(C(F)F)cc43)c2C1. The number of halogens is 2. The highest BCUT2D eigenvalue weighted by Crippen LogP contribution is 2.44. The number of nitrogens with zero attached hydrogens (tertiary/aromatic N) is 4. The monoisotopic (exact) mass is 495 g/mol. The van der Waals surface area contributed by atoms with Crippen LogP contribution in [0.1, 0.15) is 54.8 Å². The summed E-state index contributed by atoms with van der Waals surface area (Å²) in [6, 6.07) is 3.43. The van der Waals surface area contributed by atoms with E-state index in [1.165, 1.54) is 0 Å². The van der Waals surface area contributed by atoms with Gasteiger partial charge in [-0.3, -0.25) is 9.89 Å². The molecular formula is C26H31F2N7O. The topological polar surface area (TPSA) is 109 Å². The number of alkyl halides is 2. The summed E-state index contributed by atoms with van der Waals surface area (Å²) in [6.45, 7) is 5.07. The minimum Gasteiger partial charge on any atom is -0.402 e. The Labute approximate surface area is 208 Å². The van der Waals surface area contributed by atoms with Crippen molar-refractivity contribution in [3.05, 3.63) is 52.1 Å². The van der Waals surface area contributed by atoms with Gasteiger partial charge in [0.15, 0.2) is 5.82 Å². The number of carbonyl (C=O) groups excluding carboxylic acids is 1. The van der Waals surface area contributed by atoms with E-state index in [4.69, 9.17) is 11.5 Å². The first-order valence-corrected chi connectivity index (χ1v) is 12.1. The van der Waals surface area contributed by atoms with E-state index in [-0.39, 0.29) is 11.5 Å². The molecule has 0 atom stereocenters. The number of anilines is 3. The molecule has 190 valence electrons. The first-order valence-electron chi connectivity index (χ1n) is 12.1. The van der Waals surface area contributed by atoms with Gasteiger partial charge in [-0.1, -0.05) is 0 Å². The van der Waals surface area contributed by atoms with Crippen molar-refractivity contribution in [2.24, 2.45) is 12.8 Å². The van der Waals surface area contributed by atoms with Crippen LogP contribution in [0.3, 0.4) is 0 Å². The second-order valence-electron chi connectivity index (χ2n) is 9.66. The number of amides is 1. The number of aryl methyl sites for hydroxylation is 2. The third-order valence-corrected chi connectivity index (χ3v) is 7.14. The number of aromatic amines is 1. The van der Waals surface area contributed by atoms with E-state index in [0.717, 1.165) is 35.3 Å². The highest BCUT2D eigenvalue weighted by Gasteiger charge is 2.31. The minimum absolute atomic E-state index is 0.0102. The molecule has 1 amide bonds. The minimum atomic E-state index is -2.69. The molecule has 3 aromatic rings. The molecule has 0 bridgehead atoms. The van der Waals surface area contributed by atoms with E-state index in [1.807, 2.05) is 18.0 Å². The van der Waals surface area contributed by atoms with Gasteiger partial charge in [0.25, 0.3) is 6.43 Å². The van der Waals surface area contributed by atoms with Gasteiger partial charge in [0.2, 0.25) is 5.91 Å². The Bertz CT molecular complexity index is 1370. The third kappa shape index (κ3) is 4.00. The van der Waals surface area contributed by atoms with Crippen LogP contribution in [0.5, 0.6) is 0 Å². The fourth-order valence-electron chi connectivity index (χ4n) is 5.33. The number of nitrogens with one attached hydrogen (secondary N) is 1. The lowest BCUT2D eigenvalue weighted by atomic mass is 9.92. The standard InChI is InChI=1S/C26H31F2N7O/c1-14(29)9-23-24(30)19(12-33(23)3)17-10-16-5-4-7-35(22(16)11-18(17)25(27)28)26-20-13-34(15(2)36)8-6-21(20)31-32-26/h9-12,25H,4-8,13,29-30H2,1-3H3,(H,31,32)/b14-9-. The molecule has 36 heavy (non-hydrogen) atoms. The highest BCUT2D eigenvalue weighted by atomic mass is 19.3. The Morgan fingerprint density at radius 3 is 2.67 bits per heavy atom.